The predicted octanol–water partition coefficient (Wildman–Crippen LogP) is 3.97. The van der Waals surface area contributed by atoms with Gasteiger partial charge in [0.2, 0.25) is 0 Å². The molecule has 0 aliphatic carbocycles. The summed E-state index contributed by atoms with van der Waals surface area (Å²) in [6.07, 6.45) is 4.65. The fourth-order valence-electron chi connectivity index (χ4n) is 3.37. The van der Waals surface area contributed by atoms with Crippen molar-refractivity contribution in [2.75, 3.05) is 24.5 Å². The summed E-state index contributed by atoms with van der Waals surface area (Å²) in [7, 11) is 0. The van der Waals surface area contributed by atoms with Crippen molar-refractivity contribution < 1.29 is 9.53 Å². The molecular formula is C19H28N2O2. The Morgan fingerprint density at radius 2 is 1.78 bits per heavy atom. The first-order valence-corrected chi connectivity index (χ1v) is 8.77. The predicted molar refractivity (Wildman–Crippen MR) is 92.9 cm³/mol. The molecule has 0 atom stereocenters. The fraction of sp³-hybridized carbons (Fsp3) is 0.632. The first kappa shape index (κ1) is 16.2. The third kappa shape index (κ3) is 3.98. The minimum atomic E-state index is -0.435. The number of rotatable bonds is 1. The van der Waals surface area contributed by atoms with Gasteiger partial charge in [-0.25, -0.2) is 4.79 Å². The number of hydrogen-bond acceptors (Lipinski definition) is 3. The molecule has 3 rings (SSSR count). The van der Waals surface area contributed by atoms with E-state index in [1.54, 1.807) is 0 Å². The van der Waals surface area contributed by atoms with Crippen LogP contribution in [0.3, 0.4) is 0 Å². The van der Waals surface area contributed by atoms with Gasteiger partial charge in [-0.1, -0.05) is 6.07 Å². The van der Waals surface area contributed by atoms with E-state index < -0.39 is 5.60 Å². The largest absolute Gasteiger partial charge is 0.444 e. The van der Waals surface area contributed by atoms with E-state index in [9.17, 15) is 4.79 Å². The minimum Gasteiger partial charge on any atom is -0.444 e. The van der Waals surface area contributed by atoms with Gasteiger partial charge in [0.05, 0.1) is 0 Å². The van der Waals surface area contributed by atoms with E-state index in [4.69, 9.17) is 4.74 Å². The molecule has 1 aromatic carbocycles. The van der Waals surface area contributed by atoms with Gasteiger partial charge < -0.3 is 14.5 Å². The van der Waals surface area contributed by atoms with Crippen LogP contribution in [0.4, 0.5) is 10.5 Å². The second-order valence-electron chi connectivity index (χ2n) is 7.65. The maximum atomic E-state index is 12.2. The summed E-state index contributed by atoms with van der Waals surface area (Å²) < 4.78 is 5.49. The zero-order valence-electron chi connectivity index (χ0n) is 14.6. The lowest BCUT2D eigenvalue weighted by Gasteiger charge is -2.33. The van der Waals surface area contributed by atoms with Gasteiger partial charge in [0.1, 0.15) is 5.60 Å². The highest BCUT2D eigenvalue weighted by Gasteiger charge is 2.26. The van der Waals surface area contributed by atoms with Crippen LogP contribution in [-0.2, 0) is 17.7 Å². The van der Waals surface area contributed by atoms with Gasteiger partial charge in [-0.05, 0) is 69.7 Å². The molecule has 2 aliphatic heterocycles. The van der Waals surface area contributed by atoms with Crippen LogP contribution in [0.5, 0.6) is 0 Å². The van der Waals surface area contributed by atoms with E-state index in [1.807, 2.05) is 25.7 Å². The van der Waals surface area contributed by atoms with E-state index in [-0.39, 0.29) is 6.09 Å². The number of anilines is 1. The Hall–Kier alpha value is -1.71. The Bertz CT molecular complexity index is 571. The number of piperidine rings is 1. The Kier molecular flexibility index (Phi) is 4.51. The molecule has 126 valence electrons. The average molecular weight is 316 g/mol. The summed E-state index contributed by atoms with van der Waals surface area (Å²) in [6, 6.07) is 6.73. The molecule has 2 aliphatic rings. The Labute approximate surface area is 139 Å². The van der Waals surface area contributed by atoms with Crippen LogP contribution in [0.25, 0.3) is 0 Å². The van der Waals surface area contributed by atoms with Gasteiger partial charge in [0.25, 0.3) is 0 Å². The fourth-order valence-corrected chi connectivity index (χ4v) is 3.37. The van der Waals surface area contributed by atoms with E-state index in [1.165, 1.54) is 49.2 Å². The molecule has 0 bridgehead atoms. The number of carbonyl (C=O) groups is 1. The zero-order valence-corrected chi connectivity index (χ0v) is 14.6. The maximum absolute atomic E-state index is 12.2. The van der Waals surface area contributed by atoms with E-state index in [0.29, 0.717) is 6.54 Å². The Balaban J connectivity index is 1.69. The second-order valence-corrected chi connectivity index (χ2v) is 7.65. The second kappa shape index (κ2) is 6.42. The standard InChI is InChI=1S/C19H28N2O2/c1-19(2,3)23-18(22)21-12-9-15-13-17(8-7-16(15)14-21)20-10-5-4-6-11-20/h7-8,13H,4-6,9-12,14H2,1-3H3. The quantitative estimate of drug-likeness (QED) is 0.786. The summed E-state index contributed by atoms with van der Waals surface area (Å²) in [5.74, 6) is 0. The van der Waals surface area contributed by atoms with Crippen LogP contribution in [0.1, 0.15) is 51.2 Å². The lowest BCUT2D eigenvalue weighted by molar-refractivity contribution is 0.0224. The van der Waals surface area contributed by atoms with Crippen molar-refractivity contribution >= 4 is 11.8 Å². The van der Waals surface area contributed by atoms with Crippen molar-refractivity contribution in [1.82, 2.24) is 4.90 Å². The maximum Gasteiger partial charge on any atom is 0.410 e. The highest BCUT2D eigenvalue weighted by molar-refractivity contribution is 5.69. The SMILES string of the molecule is CC(C)(C)OC(=O)N1CCc2cc(N3CCCCC3)ccc2C1. The molecule has 0 unspecified atom stereocenters. The molecule has 1 amide bonds. The summed E-state index contributed by atoms with van der Waals surface area (Å²) >= 11 is 0. The van der Waals surface area contributed by atoms with Gasteiger partial charge in [-0.2, -0.15) is 0 Å². The van der Waals surface area contributed by atoms with Crippen LogP contribution >= 0.6 is 0 Å². The van der Waals surface area contributed by atoms with Crippen LogP contribution in [-0.4, -0.2) is 36.2 Å². The number of benzene rings is 1. The van der Waals surface area contributed by atoms with E-state index >= 15 is 0 Å². The van der Waals surface area contributed by atoms with Gasteiger partial charge in [-0.3, -0.25) is 0 Å². The van der Waals surface area contributed by atoms with E-state index in [0.717, 1.165) is 13.0 Å². The molecular weight excluding hydrogens is 288 g/mol. The molecule has 2 heterocycles. The van der Waals surface area contributed by atoms with Crippen LogP contribution in [0.2, 0.25) is 0 Å². The van der Waals surface area contributed by atoms with Crippen LogP contribution < -0.4 is 4.90 Å². The summed E-state index contributed by atoms with van der Waals surface area (Å²) in [5, 5.41) is 0. The van der Waals surface area contributed by atoms with Crippen molar-refractivity contribution in [3.8, 4) is 0 Å². The number of fused-ring (bicyclic) bond motifs is 1. The van der Waals surface area contributed by atoms with Crippen LogP contribution in [0.15, 0.2) is 18.2 Å². The number of ether oxygens (including phenoxy) is 1. The van der Waals surface area contributed by atoms with E-state index in [2.05, 4.69) is 23.1 Å². The first-order chi connectivity index (χ1) is 10.9. The third-order valence-electron chi connectivity index (χ3n) is 4.58. The summed E-state index contributed by atoms with van der Waals surface area (Å²) in [6.45, 7) is 9.47. The first-order valence-electron chi connectivity index (χ1n) is 8.77. The molecule has 4 heteroatoms. The zero-order chi connectivity index (χ0) is 16.4. The molecule has 23 heavy (non-hydrogen) atoms. The van der Waals surface area contributed by atoms with Gasteiger partial charge >= 0.3 is 6.09 Å². The highest BCUT2D eigenvalue weighted by Crippen LogP contribution is 2.27. The Morgan fingerprint density at radius 3 is 2.48 bits per heavy atom. The number of amides is 1. The molecule has 1 saturated heterocycles. The topological polar surface area (TPSA) is 32.8 Å². The molecule has 0 radical (unpaired) electrons. The molecule has 0 saturated carbocycles. The molecule has 0 spiro atoms. The van der Waals surface area contributed by atoms with Crippen molar-refractivity contribution in [2.45, 2.75) is 58.6 Å². The highest BCUT2D eigenvalue weighted by atomic mass is 16.6. The van der Waals surface area contributed by atoms with Crippen molar-refractivity contribution in [2.24, 2.45) is 0 Å². The minimum absolute atomic E-state index is 0.205. The van der Waals surface area contributed by atoms with Crippen LogP contribution in [0, 0.1) is 0 Å². The number of hydrogen-bond donors (Lipinski definition) is 0. The molecule has 1 fully saturated rings. The number of carbonyl (C=O) groups excluding carboxylic acids is 1. The third-order valence-corrected chi connectivity index (χ3v) is 4.58. The summed E-state index contributed by atoms with van der Waals surface area (Å²) in [4.78, 5) is 16.5. The molecule has 1 aromatic rings. The average Bonchev–Trinajstić information content (AvgIpc) is 2.53. The number of nitrogens with zero attached hydrogens (tertiary/aromatic N) is 2. The molecule has 0 N–H and O–H groups in total. The van der Waals surface area contributed by atoms with Gasteiger partial charge in [0, 0.05) is 31.9 Å². The smallest absolute Gasteiger partial charge is 0.410 e. The summed E-state index contributed by atoms with van der Waals surface area (Å²) in [5.41, 5.74) is 3.54. The molecule has 0 aromatic heterocycles. The van der Waals surface area contributed by atoms with Gasteiger partial charge in [0.15, 0.2) is 0 Å². The normalized spacial score (nSPS) is 18.6. The van der Waals surface area contributed by atoms with Crippen molar-refractivity contribution in [1.29, 1.82) is 0 Å². The van der Waals surface area contributed by atoms with Crippen molar-refractivity contribution in [3.63, 3.8) is 0 Å². The van der Waals surface area contributed by atoms with Gasteiger partial charge in [-0.15, -0.1) is 0 Å². The Morgan fingerprint density at radius 1 is 1.04 bits per heavy atom. The van der Waals surface area contributed by atoms with Crippen molar-refractivity contribution in [3.05, 3.63) is 29.3 Å². The lowest BCUT2D eigenvalue weighted by atomic mass is 9.98. The molecule has 4 nitrogen and oxygen atoms in total. The lowest BCUT2D eigenvalue weighted by Crippen LogP contribution is -2.40. The monoisotopic (exact) mass is 316 g/mol.